The molecule has 0 aliphatic carbocycles. The Morgan fingerprint density at radius 2 is 1.69 bits per heavy atom. The second kappa shape index (κ2) is 12.2. The number of nitrogens with zero attached hydrogens (tertiary/aromatic N) is 2. The predicted octanol–water partition coefficient (Wildman–Crippen LogP) is 4.41. The van der Waals surface area contributed by atoms with Crippen molar-refractivity contribution in [1.82, 2.24) is 9.80 Å². The van der Waals surface area contributed by atoms with Gasteiger partial charge in [-0.3, -0.25) is 9.59 Å². The lowest BCUT2D eigenvalue weighted by molar-refractivity contribution is -0.139. The van der Waals surface area contributed by atoms with Gasteiger partial charge in [0.05, 0.1) is 18.2 Å². The predicted molar refractivity (Wildman–Crippen MR) is 137 cm³/mol. The van der Waals surface area contributed by atoms with E-state index in [0.717, 1.165) is 24.3 Å². The first-order valence-corrected chi connectivity index (χ1v) is 11.9. The number of carbonyl (C=O) groups excluding carboxylic acids is 2. The maximum absolute atomic E-state index is 13.1. The molecule has 0 bridgehead atoms. The van der Waals surface area contributed by atoms with Crippen molar-refractivity contribution in [3.8, 4) is 11.5 Å². The van der Waals surface area contributed by atoms with Gasteiger partial charge in [0.2, 0.25) is 0 Å². The number of benzene rings is 2. The van der Waals surface area contributed by atoms with Crippen molar-refractivity contribution in [3.63, 3.8) is 0 Å². The molecule has 0 unspecified atom stereocenters. The van der Waals surface area contributed by atoms with Gasteiger partial charge in [-0.1, -0.05) is 31.7 Å². The van der Waals surface area contributed by atoms with Crippen LogP contribution in [0.4, 0.5) is 0 Å². The van der Waals surface area contributed by atoms with Crippen molar-refractivity contribution in [2.75, 3.05) is 40.4 Å². The molecule has 3 rings (SSSR count). The lowest BCUT2D eigenvalue weighted by Gasteiger charge is -2.26. The number of amides is 1. The van der Waals surface area contributed by atoms with Crippen LogP contribution in [-0.2, 0) is 9.59 Å². The van der Waals surface area contributed by atoms with Crippen LogP contribution in [0.15, 0.2) is 66.8 Å². The van der Waals surface area contributed by atoms with Gasteiger partial charge in [-0.15, -0.1) is 0 Å². The zero-order valence-corrected chi connectivity index (χ0v) is 20.7. The molecule has 35 heavy (non-hydrogen) atoms. The average Bonchev–Trinajstić information content (AvgIpc) is 3.11. The molecule has 0 saturated carbocycles. The largest absolute Gasteiger partial charge is 0.507 e. The fourth-order valence-corrected chi connectivity index (χ4v) is 4.00. The van der Waals surface area contributed by atoms with Crippen molar-refractivity contribution in [2.45, 2.75) is 25.8 Å². The normalized spacial score (nSPS) is 17.1. The Morgan fingerprint density at radius 3 is 2.29 bits per heavy atom. The first-order valence-electron chi connectivity index (χ1n) is 11.9. The molecule has 1 atom stereocenters. The number of likely N-dealkylation sites (tertiary alicyclic amines) is 1. The Morgan fingerprint density at radius 1 is 1.06 bits per heavy atom. The number of hydrogen-bond acceptors (Lipinski definition) is 6. The highest BCUT2D eigenvalue weighted by atomic mass is 16.5. The summed E-state index contributed by atoms with van der Waals surface area (Å²) in [6.07, 6.45) is 3.24. The van der Waals surface area contributed by atoms with Crippen LogP contribution in [0.1, 0.15) is 36.9 Å². The molecular weight excluding hydrogens is 444 g/mol. The first kappa shape index (κ1) is 26.0. The van der Waals surface area contributed by atoms with Crippen LogP contribution in [-0.4, -0.2) is 67.0 Å². The van der Waals surface area contributed by atoms with Gasteiger partial charge in [0.1, 0.15) is 23.9 Å². The smallest absolute Gasteiger partial charge is 0.295 e. The van der Waals surface area contributed by atoms with Gasteiger partial charge < -0.3 is 24.4 Å². The fraction of sp³-hybridized carbons (Fsp3) is 0.357. The molecule has 7 heteroatoms. The summed E-state index contributed by atoms with van der Waals surface area (Å²) in [6.45, 7) is 7.80. The van der Waals surface area contributed by atoms with Crippen LogP contribution in [0.3, 0.4) is 0 Å². The van der Waals surface area contributed by atoms with E-state index < -0.39 is 17.7 Å². The second-order valence-corrected chi connectivity index (χ2v) is 8.69. The third-order valence-electron chi connectivity index (χ3n) is 5.71. The van der Waals surface area contributed by atoms with Gasteiger partial charge in [-0.05, 0) is 75.4 Å². The molecule has 1 amide bonds. The van der Waals surface area contributed by atoms with E-state index in [9.17, 15) is 14.7 Å². The highest BCUT2D eigenvalue weighted by molar-refractivity contribution is 6.46. The minimum atomic E-state index is -0.686. The topological polar surface area (TPSA) is 79.3 Å². The maximum atomic E-state index is 13.1. The number of ether oxygens (including phenoxy) is 2. The molecule has 0 aromatic heterocycles. The molecule has 1 aliphatic rings. The molecule has 0 radical (unpaired) electrons. The van der Waals surface area contributed by atoms with Crippen LogP contribution in [0.2, 0.25) is 0 Å². The van der Waals surface area contributed by atoms with Crippen LogP contribution < -0.4 is 9.47 Å². The molecule has 1 aliphatic heterocycles. The standard InChI is InChI=1S/C28H34N2O5/c1-5-18-34-22-12-8-20(9-13-22)25-24(27(32)28(33)30(25)17-7-16-29(3)4)26(31)21-10-14-23(15-11-21)35-19-6-2/h6,8-15,25,31H,2,5,7,16-19H2,1,3-4H3/t25-/m0/s1. The average molecular weight is 479 g/mol. The second-order valence-electron chi connectivity index (χ2n) is 8.69. The van der Waals surface area contributed by atoms with Gasteiger partial charge in [-0.2, -0.15) is 0 Å². The van der Waals surface area contributed by atoms with E-state index in [1.165, 1.54) is 0 Å². The van der Waals surface area contributed by atoms with Crippen molar-refractivity contribution in [3.05, 3.63) is 77.9 Å². The summed E-state index contributed by atoms with van der Waals surface area (Å²) < 4.78 is 11.2. The summed E-state index contributed by atoms with van der Waals surface area (Å²) in [5.41, 5.74) is 1.27. The molecule has 1 heterocycles. The number of rotatable bonds is 12. The lowest BCUT2D eigenvalue weighted by atomic mass is 9.95. The van der Waals surface area contributed by atoms with Crippen molar-refractivity contribution in [1.29, 1.82) is 0 Å². The Balaban J connectivity index is 2.00. The maximum Gasteiger partial charge on any atom is 0.295 e. The van der Waals surface area contributed by atoms with E-state index in [0.29, 0.717) is 37.5 Å². The summed E-state index contributed by atoms with van der Waals surface area (Å²) >= 11 is 0. The van der Waals surface area contributed by atoms with Crippen LogP contribution in [0, 0.1) is 0 Å². The van der Waals surface area contributed by atoms with E-state index in [1.54, 1.807) is 35.2 Å². The summed E-state index contributed by atoms with van der Waals surface area (Å²) in [5, 5.41) is 11.2. The van der Waals surface area contributed by atoms with Gasteiger partial charge in [0, 0.05) is 12.1 Å². The Bertz CT molecular complexity index is 1060. The monoisotopic (exact) mass is 478 g/mol. The molecule has 1 N–H and O–H groups in total. The Hall–Kier alpha value is -3.58. The summed E-state index contributed by atoms with van der Waals surface area (Å²) in [4.78, 5) is 29.8. The quantitative estimate of drug-likeness (QED) is 0.211. The van der Waals surface area contributed by atoms with Crippen molar-refractivity contribution in [2.24, 2.45) is 0 Å². The lowest BCUT2D eigenvalue weighted by Crippen LogP contribution is -2.32. The molecule has 7 nitrogen and oxygen atoms in total. The minimum absolute atomic E-state index is 0.0850. The minimum Gasteiger partial charge on any atom is -0.507 e. The van der Waals surface area contributed by atoms with Crippen LogP contribution in [0.25, 0.3) is 5.76 Å². The van der Waals surface area contributed by atoms with Gasteiger partial charge in [0.15, 0.2) is 0 Å². The summed E-state index contributed by atoms with van der Waals surface area (Å²) in [5.74, 6) is -0.159. The summed E-state index contributed by atoms with van der Waals surface area (Å²) in [7, 11) is 3.92. The first-order chi connectivity index (χ1) is 16.9. The van der Waals surface area contributed by atoms with E-state index in [2.05, 4.69) is 6.58 Å². The van der Waals surface area contributed by atoms with Gasteiger partial charge >= 0.3 is 0 Å². The molecule has 2 aromatic carbocycles. The number of aliphatic hydroxyl groups is 1. The Labute approximate surface area is 207 Å². The van der Waals surface area contributed by atoms with Crippen molar-refractivity contribution >= 4 is 17.4 Å². The highest BCUT2D eigenvalue weighted by Gasteiger charge is 2.45. The fourth-order valence-electron chi connectivity index (χ4n) is 4.00. The summed E-state index contributed by atoms with van der Waals surface area (Å²) in [6, 6.07) is 13.4. The molecule has 1 fully saturated rings. The number of hydrogen-bond donors (Lipinski definition) is 1. The molecular formula is C28H34N2O5. The number of aliphatic hydroxyl groups excluding tert-OH is 1. The van der Waals surface area contributed by atoms with E-state index in [4.69, 9.17) is 9.47 Å². The number of Topliss-reactive ketones (excluding diaryl/α,β-unsaturated/α-hetero) is 1. The van der Waals surface area contributed by atoms with Crippen LogP contribution >= 0.6 is 0 Å². The molecule has 186 valence electrons. The number of carbonyl (C=O) groups is 2. The third-order valence-corrected chi connectivity index (χ3v) is 5.71. The van der Waals surface area contributed by atoms with Crippen molar-refractivity contribution < 1.29 is 24.2 Å². The molecule has 2 aromatic rings. The van der Waals surface area contributed by atoms with E-state index >= 15 is 0 Å². The SMILES string of the molecule is C=CCOc1ccc(C(O)=C2C(=O)C(=O)N(CCCN(C)C)[C@H]2c2ccc(OCCC)cc2)cc1. The Kier molecular flexibility index (Phi) is 9.09. The highest BCUT2D eigenvalue weighted by Crippen LogP contribution is 2.40. The van der Waals surface area contributed by atoms with E-state index in [1.807, 2.05) is 50.2 Å². The zero-order chi connectivity index (χ0) is 25.4. The zero-order valence-electron chi connectivity index (χ0n) is 20.7. The van der Waals surface area contributed by atoms with E-state index in [-0.39, 0.29) is 11.3 Å². The van der Waals surface area contributed by atoms with Gasteiger partial charge in [0.25, 0.3) is 11.7 Å². The molecule has 0 spiro atoms. The van der Waals surface area contributed by atoms with Gasteiger partial charge in [-0.25, -0.2) is 0 Å². The molecule has 1 saturated heterocycles. The number of ketones is 1. The third kappa shape index (κ3) is 6.31. The van der Waals surface area contributed by atoms with Crippen LogP contribution in [0.5, 0.6) is 11.5 Å².